The van der Waals surface area contributed by atoms with Crippen molar-refractivity contribution in [2.75, 3.05) is 6.54 Å². The Hall–Kier alpha value is -1.35. The van der Waals surface area contributed by atoms with Crippen molar-refractivity contribution in [3.63, 3.8) is 0 Å². The zero-order valence-corrected chi connectivity index (χ0v) is 6.58. The maximum atomic E-state index is 11.3. The van der Waals surface area contributed by atoms with E-state index in [1.165, 1.54) is 0 Å². The van der Waals surface area contributed by atoms with E-state index >= 15 is 0 Å². The van der Waals surface area contributed by atoms with Crippen molar-refractivity contribution < 1.29 is 4.79 Å². The number of carbonyl (C=O) groups excluding carboxylic acids is 1. The molecule has 0 spiro atoms. The third-order valence-corrected chi connectivity index (χ3v) is 2.09. The summed E-state index contributed by atoms with van der Waals surface area (Å²) < 4.78 is 0. The second-order valence-corrected chi connectivity index (χ2v) is 2.90. The van der Waals surface area contributed by atoms with E-state index < -0.39 is 0 Å². The fraction of sp³-hybridized carbons (Fsp3) is 0.222. The predicted molar refractivity (Wildman–Crippen MR) is 45.7 cm³/mol. The van der Waals surface area contributed by atoms with E-state index in [4.69, 9.17) is 5.73 Å². The Morgan fingerprint density at radius 2 is 2.17 bits per heavy atom. The van der Waals surface area contributed by atoms with Gasteiger partial charge in [0.2, 0.25) is 0 Å². The number of nitrogens with two attached hydrogens (primary N) is 1. The largest absolute Gasteiger partial charge is 0.350 e. The molecule has 3 nitrogen and oxygen atoms in total. The Morgan fingerprint density at radius 1 is 1.42 bits per heavy atom. The normalized spacial score (nSPS) is 21.4. The molecule has 1 aromatic carbocycles. The van der Waals surface area contributed by atoms with Gasteiger partial charge in [0.25, 0.3) is 5.91 Å². The molecule has 1 aliphatic heterocycles. The molecule has 62 valence electrons. The summed E-state index contributed by atoms with van der Waals surface area (Å²) in [4.78, 5) is 11.3. The molecule has 3 heteroatoms. The number of benzene rings is 1. The lowest BCUT2D eigenvalue weighted by Gasteiger charge is -2.21. The van der Waals surface area contributed by atoms with E-state index in [1.54, 1.807) is 6.07 Å². The molecule has 0 fully saturated rings. The SMILES string of the molecule is NC1CNC(=O)c2ccccc21. The highest BCUT2D eigenvalue weighted by molar-refractivity contribution is 5.96. The van der Waals surface area contributed by atoms with E-state index in [-0.39, 0.29) is 11.9 Å². The van der Waals surface area contributed by atoms with Crippen LogP contribution in [0.3, 0.4) is 0 Å². The first-order valence-corrected chi connectivity index (χ1v) is 3.92. The second-order valence-electron chi connectivity index (χ2n) is 2.90. The zero-order chi connectivity index (χ0) is 8.55. The zero-order valence-electron chi connectivity index (χ0n) is 6.58. The van der Waals surface area contributed by atoms with Crippen LogP contribution in [0.2, 0.25) is 0 Å². The average Bonchev–Trinajstić information content (AvgIpc) is 2.12. The summed E-state index contributed by atoms with van der Waals surface area (Å²) in [5, 5.41) is 2.72. The van der Waals surface area contributed by atoms with Gasteiger partial charge in [0.15, 0.2) is 0 Å². The minimum Gasteiger partial charge on any atom is -0.350 e. The molecule has 2 rings (SSSR count). The van der Waals surface area contributed by atoms with Gasteiger partial charge in [0.05, 0.1) is 0 Å². The Labute approximate surface area is 70.6 Å². The molecule has 1 unspecified atom stereocenters. The summed E-state index contributed by atoms with van der Waals surface area (Å²) in [7, 11) is 0. The van der Waals surface area contributed by atoms with Crippen molar-refractivity contribution in [1.29, 1.82) is 0 Å². The van der Waals surface area contributed by atoms with E-state index in [9.17, 15) is 4.79 Å². The van der Waals surface area contributed by atoms with Crippen molar-refractivity contribution in [3.8, 4) is 0 Å². The second kappa shape index (κ2) is 2.60. The minimum absolute atomic E-state index is 0.0210. The predicted octanol–water partition coefficient (Wildman–Crippen LogP) is 0.430. The first-order valence-electron chi connectivity index (χ1n) is 3.92. The highest BCUT2D eigenvalue weighted by atomic mass is 16.1. The first-order chi connectivity index (χ1) is 5.79. The summed E-state index contributed by atoms with van der Waals surface area (Å²) in [6.45, 7) is 0.538. The number of nitrogens with one attached hydrogen (secondary N) is 1. The fourth-order valence-electron chi connectivity index (χ4n) is 1.43. The maximum Gasteiger partial charge on any atom is 0.251 e. The lowest BCUT2D eigenvalue weighted by atomic mass is 9.97. The summed E-state index contributed by atoms with van der Waals surface area (Å²) >= 11 is 0. The van der Waals surface area contributed by atoms with Gasteiger partial charge in [0.1, 0.15) is 0 Å². The van der Waals surface area contributed by atoms with Crippen molar-refractivity contribution >= 4 is 5.91 Å². The van der Waals surface area contributed by atoms with Gasteiger partial charge in [-0.3, -0.25) is 4.79 Å². The van der Waals surface area contributed by atoms with Gasteiger partial charge < -0.3 is 11.1 Å². The monoisotopic (exact) mass is 162 g/mol. The Bertz CT molecular complexity index is 322. The minimum atomic E-state index is -0.0566. The molecule has 12 heavy (non-hydrogen) atoms. The summed E-state index contributed by atoms with van der Waals surface area (Å²) in [5.74, 6) is -0.0210. The lowest BCUT2D eigenvalue weighted by molar-refractivity contribution is 0.0940. The molecule has 1 aromatic rings. The van der Waals surface area contributed by atoms with Gasteiger partial charge >= 0.3 is 0 Å². The number of amides is 1. The summed E-state index contributed by atoms with van der Waals surface area (Å²) in [6, 6.07) is 7.38. The van der Waals surface area contributed by atoms with Crippen molar-refractivity contribution in [1.82, 2.24) is 5.32 Å². The van der Waals surface area contributed by atoms with Crippen LogP contribution in [0.1, 0.15) is 22.0 Å². The van der Waals surface area contributed by atoms with Crippen molar-refractivity contribution in [2.24, 2.45) is 5.73 Å². The van der Waals surface area contributed by atoms with Gasteiger partial charge in [-0.05, 0) is 11.6 Å². The van der Waals surface area contributed by atoms with E-state index in [0.717, 1.165) is 5.56 Å². The number of hydrogen-bond acceptors (Lipinski definition) is 2. The number of hydrogen-bond donors (Lipinski definition) is 2. The Morgan fingerprint density at radius 3 is 2.92 bits per heavy atom. The molecule has 1 heterocycles. The third kappa shape index (κ3) is 0.987. The van der Waals surface area contributed by atoms with E-state index in [0.29, 0.717) is 12.1 Å². The van der Waals surface area contributed by atoms with Crippen LogP contribution in [-0.4, -0.2) is 12.5 Å². The van der Waals surface area contributed by atoms with E-state index in [1.807, 2.05) is 18.2 Å². The molecule has 0 saturated heterocycles. The topological polar surface area (TPSA) is 55.1 Å². The lowest BCUT2D eigenvalue weighted by Crippen LogP contribution is -2.38. The Balaban J connectivity index is 2.55. The Kier molecular flexibility index (Phi) is 1.59. The van der Waals surface area contributed by atoms with Gasteiger partial charge in [-0.15, -0.1) is 0 Å². The molecule has 1 atom stereocenters. The molecule has 0 saturated carbocycles. The number of rotatable bonds is 0. The van der Waals surface area contributed by atoms with Crippen molar-refractivity contribution in [3.05, 3.63) is 35.4 Å². The molecular weight excluding hydrogens is 152 g/mol. The van der Waals surface area contributed by atoms with Crippen LogP contribution >= 0.6 is 0 Å². The molecule has 0 bridgehead atoms. The molecule has 0 radical (unpaired) electrons. The van der Waals surface area contributed by atoms with Gasteiger partial charge in [-0.25, -0.2) is 0 Å². The summed E-state index contributed by atoms with van der Waals surface area (Å²) in [5.41, 5.74) is 7.44. The molecule has 0 aromatic heterocycles. The van der Waals surface area contributed by atoms with Crippen LogP contribution in [0.5, 0.6) is 0 Å². The standard InChI is InChI=1S/C9H10N2O/c10-8-5-11-9(12)7-4-2-1-3-6(7)8/h1-4,8H,5,10H2,(H,11,12). The van der Waals surface area contributed by atoms with Gasteiger partial charge in [-0.2, -0.15) is 0 Å². The average molecular weight is 162 g/mol. The molecule has 1 amide bonds. The smallest absolute Gasteiger partial charge is 0.251 e. The van der Waals surface area contributed by atoms with Crippen LogP contribution in [0.25, 0.3) is 0 Å². The highest BCUT2D eigenvalue weighted by Crippen LogP contribution is 2.18. The fourth-order valence-corrected chi connectivity index (χ4v) is 1.43. The first kappa shape index (κ1) is 7.31. The molecule has 3 N–H and O–H groups in total. The number of carbonyl (C=O) groups is 1. The molecular formula is C9H10N2O. The van der Waals surface area contributed by atoms with Gasteiger partial charge in [-0.1, -0.05) is 18.2 Å². The number of fused-ring (bicyclic) bond motifs is 1. The third-order valence-electron chi connectivity index (χ3n) is 2.09. The molecule has 0 aliphatic carbocycles. The van der Waals surface area contributed by atoms with E-state index in [2.05, 4.69) is 5.32 Å². The van der Waals surface area contributed by atoms with Crippen LogP contribution < -0.4 is 11.1 Å². The van der Waals surface area contributed by atoms with Crippen LogP contribution in [0.4, 0.5) is 0 Å². The maximum absolute atomic E-state index is 11.3. The van der Waals surface area contributed by atoms with Crippen molar-refractivity contribution in [2.45, 2.75) is 6.04 Å². The van der Waals surface area contributed by atoms with Crippen LogP contribution in [0, 0.1) is 0 Å². The van der Waals surface area contributed by atoms with Gasteiger partial charge in [0, 0.05) is 18.2 Å². The summed E-state index contributed by atoms with van der Waals surface area (Å²) in [6.07, 6.45) is 0. The molecule has 1 aliphatic rings. The van der Waals surface area contributed by atoms with Crippen LogP contribution in [-0.2, 0) is 0 Å². The quantitative estimate of drug-likeness (QED) is 0.581. The van der Waals surface area contributed by atoms with Crippen LogP contribution in [0.15, 0.2) is 24.3 Å². The highest BCUT2D eigenvalue weighted by Gasteiger charge is 2.20.